The van der Waals surface area contributed by atoms with Crippen molar-refractivity contribution in [2.45, 2.75) is 18.7 Å². The molecular formula is C17H21N3OS2. The largest absolute Gasteiger partial charge is 0.508 e. The first-order chi connectivity index (χ1) is 10.9. The number of benzene rings is 2. The number of aromatic hydroxyl groups is 1. The molecule has 0 fully saturated rings. The van der Waals surface area contributed by atoms with Crippen molar-refractivity contribution in [1.82, 2.24) is 4.98 Å². The summed E-state index contributed by atoms with van der Waals surface area (Å²) in [5.74, 6) is 0.932. The smallest absolute Gasteiger partial charge is 0.181 e. The van der Waals surface area contributed by atoms with Crippen LogP contribution in [0.1, 0.15) is 13.8 Å². The highest BCUT2D eigenvalue weighted by Crippen LogP contribution is 2.26. The van der Waals surface area contributed by atoms with Crippen molar-refractivity contribution in [2.75, 3.05) is 17.6 Å². The average Bonchev–Trinajstić information content (AvgIpc) is 2.86. The third-order valence-corrected chi connectivity index (χ3v) is 4.12. The Morgan fingerprint density at radius 3 is 2.57 bits per heavy atom. The first kappa shape index (κ1) is 17.4. The van der Waals surface area contributed by atoms with E-state index in [1.54, 1.807) is 18.2 Å². The number of anilines is 2. The van der Waals surface area contributed by atoms with E-state index in [9.17, 15) is 0 Å². The second-order valence-electron chi connectivity index (χ2n) is 5.53. The highest BCUT2D eigenvalue weighted by atomic mass is 32.1. The maximum absolute atomic E-state index is 9.08. The van der Waals surface area contributed by atoms with Crippen molar-refractivity contribution in [1.29, 1.82) is 0 Å². The molecule has 0 bridgehead atoms. The van der Waals surface area contributed by atoms with Crippen LogP contribution in [0.25, 0.3) is 10.2 Å². The zero-order valence-electron chi connectivity index (χ0n) is 13.2. The molecule has 3 aromatic rings. The predicted octanol–water partition coefficient (Wildman–Crippen LogP) is 4.63. The number of nitrogen functional groups attached to an aromatic ring is 1. The Labute approximate surface area is 145 Å². The number of thiazole rings is 1. The molecule has 0 aliphatic carbocycles. The van der Waals surface area contributed by atoms with Crippen molar-refractivity contribution in [3.05, 3.63) is 42.5 Å². The van der Waals surface area contributed by atoms with Gasteiger partial charge in [0.2, 0.25) is 0 Å². The van der Waals surface area contributed by atoms with E-state index in [4.69, 9.17) is 10.8 Å². The van der Waals surface area contributed by atoms with Gasteiger partial charge in [0.05, 0.1) is 10.2 Å². The van der Waals surface area contributed by atoms with Crippen molar-refractivity contribution in [3.8, 4) is 5.75 Å². The van der Waals surface area contributed by atoms with Gasteiger partial charge < -0.3 is 16.2 Å². The summed E-state index contributed by atoms with van der Waals surface area (Å²) < 4.78 is 0.919. The maximum Gasteiger partial charge on any atom is 0.181 e. The van der Waals surface area contributed by atoms with Crippen LogP contribution in [0.5, 0.6) is 5.75 Å². The summed E-state index contributed by atoms with van der Waals surface area (Å²) in [6, 6.07) is 13.1. The van der Waals surface area contributed by atoms with Crippen molar-refractivity contribution in [3.63, 3.8) is 0 Å². The van der Waals surface area contributed by atoms with Crippen LogP contribution in [0.3, 0.4) is 0 Å². The molecule has 0 unspecified atom stereocenters. The number of aromatic nitrogens is 1. The van der Waals surface area contributed by atoms with Gasteiger partial charge in [0.25, 0.3) is 0 Å². The molecule has 6 heteroatoms. The molecule has 0 spiro atoms. The predicted molar refractivity (Wildman–Crippen MR) is 103 cm³/mol. The Bertz CT molecular complexity index is 754. The van der Waals surface area contributed by atoms with Crippen LogP contribution in [0.2, 0.25) is 0 Å². The maximum atomic E-state index is 9.08. The number of nitrogens with one attached hydrogen (secondary N) is 1. The summed E-state index contributed by atoms with van der Waals surface area (Å²) in [4.78, 5) is 5.04. The molecule has 2 aromatic carbocycles. The van der Waals surface area contributed by atoms with E-state index in [1.807, 2.05) is 24.3 Å². The van der Waals surface area contributed by atoms with Gasteiger partial charge in [-0.05, 0) is 48.4 Å². The second kappa shape index (κ2) is 8.08. The quantitative estimate of drug-likeness (QED) is 0.521. The van der Waals surface area contributed by atoms with Crippen LogP contribution >= 0.6 is 24.0 Å². The number of nitrogens with zero attached hydrogens (tertiary/aromatic N) is 1. The van der Waals surface area contributed by atoms with Crippen molar-refractivity contribution < 1.29 is 5.11 Å². The second-order valence-corrected chi connectivity index (χ2v) is 7.10. The highest BCUT2D eigenvalue weighted by molar-refractivity contribution is 7.80. The molecule has 4 nitrogen and oxygen atoms in total. The lowest BCUT2D eigenvalue weighted by molar-refractivity contribution is 0.476. The summed E-state index contributed by atoms with van der Waals surface area (Å²) >= 11 is 5.59. The molecule has 4 N–H and O–H groups in total. The van der Waals surface area contributed by atoms with Crippen molar-refractivity contribution >= 4 is 45.0 Å². The van der Waals surface area contributed by atoms with Crippen LogP contribution in [-0.4, -0.2) is 16.6 Å². The molecule has 1 aromatic heterocycles. The third-order valence-electron chi connectivity index (χ3n) is 2.97. The van der Waals surface area contributed by atoms with Gasteiger partial charge in [0, 0.05) is 17.1 Å². The highest BCUT2D eigenvalue weighted by Gasteiger charge is 2.00. The third kappa shape index (κ3) is 5.65. The zero-order chi connectivity index (χ0) is 16.8. The zero-order valence-corrected chi connectivity index (χ0v) is 14.9. The number of hydrogen-bond donors (Lipinski definition) is 4. The molecule has 1 heterocycles. The lowest BCUT2D eigenvalue weighted by Gasteiger charge is -2.08. The average molecular weight is 348 g/mol. The van der Waals surface area contributed by atoms with E-state index in [1.165, 1.54) is 17.0 Å². The van der Waals surface area contributed by atoms with Gasteiger partial charge in [-0.25, -0.2) is 4.98 Å². The molecule has 23 heavy (non-hydrogen) atoms. The Kier molecular flexibility index (Phi) is 6.12. The Morgan fingerprint density at radius 1 is 1.22 bits per heavy atom. The molecular weight excluding hydrogens is 326 g/mol. The summed E-state index contributed by atoms with van der Waals surface area (Å²) in [5, 5.41) is 12.9. The Balaban J connectivity index is 0.000000167. The molecule has 0 saturated carbocycles. The lowest BCUT2D eigenvalue weighted by Crippen LogP contribution is -2.07. The van der Waals surface area contributed by atoms with Gasteiger partial charge in [-0.1, -0.05) is 25.2 Å². The first-order valence-corrected chi connectivity index (χ1v) is 8.58. The number of thiol groups is 1. The molecule has 0 amide bonds. The molecule has 0 aliphatic heterocycles. The van der Waals surface area contributed by atoms with Gasteiger partial charge in [-0.15, -0.1) is 12.6 Å². The van der Waals surface area contributed by atoms with Crippen LogP contribution in [0, 0.1) is 5.92 Å². The molecule has 0 atom stereocenters. The van der Waals surface area contributed by atoms with Gasteiger partial charge in [-0.2, -0.15) is 0 Å². The monoisotopic (exact) mass is 347 g/mol. The molecule has 3 rings (SSSR count). The number of nitrogens with two attached hydrogens (primary N) is 1. The minimum atomic E-state index is 0.251. The number of phenolic OH excluding ortho intramolecular Hbond substituents is 1. The summed E-state index contributed by atoms with van der Waals surface area (Å²) in [7, 11) is 0. The van der Waals surface area contributed by atoms with E-state index >= 15 is 0 Å². The normalized spacial score (nSPS) is 10.4. The number of rotatable bonds is 3. The molecule has 0 radical (unpaired) electrons. The number of phenols is 1. The van der Waals surface area contributed by atoms with E-state index in [0.29, 0.717) is 11.0 Å². The minimum Gasteiger partial charge on any atom is -0.508 e. The molecule has 0 saturated heterocycles. The van der Waals surface area contributed by atoms with E-state index in [-0.39, 0.29) is 5.75 Å². The summed E-state index contributed by atoms with van der Waals surface area (Å²) in [5.41, 5.74) is 7.47. The van der Waals surface area contributed by atoms with Crippen LogP contribution < -0.4 is 11.1 Å². The summed E-state index contributed by atoms with van der Waals surface area (Å²) in [6.45, 7) is 5.41. The van der Waals surface area contributed by atoms with Crippen LogP contribution in [0.4, 0.5) is 10.8 Å². The van der Waals surface area contributed by atoms with Gasteiger partial charge >= 0.3 is 0 Å². The Morgan fingerprint density at radius 2 is 1.91 bits per heavy atom. The lowest BCUT2D eigenvalue weighted by atomic mass is 10.2. The first-order valence-electron chi connectivity index (χ1n) is 7.32. The fourth-order valence-corrected chi connectivity index (χ4v) is 2.75. The summed E-state index contributed by atoms with van der Waals surface area (Å²) in [6.07, 6.45) is 0. The Hall–Kier alpha value is -1.92. The fourth-order valence-electron chi connectivity index (χ4n) is 1.83. The van der Waals surface area contributed by atoms with E-state index in [0.717, 1.165) is 21.7 Å². The van der Waals surface area contributed by atoms with Gasteiger partial charge in [0.15, 0.2) is 5.13 Å². The SMILES string of the molecule is CC(C)CNc1ccc(S)cc1.Nc1nc2ccc(O)cc2s1. The number of hydrogen-bond acceptors (Lipinski definition) is 6. The van der Waals surface area contributed by atoms with E-state index in [2.05, 4.69) is 36.8 Å². The molecule has 122 valence electrons. The standard InChI is InChI=1S/C10H15NS.C7H6N2OS/c1-8(2)7-11-9-3-5-10(12)6-4-9;8-7-9-5-2-1-4(10)3-6(5)11-7/h3-6,8,11-12H,7H2,1-2H3;1-3,10H,(H2,8,9). The van der Waals surface area contributed by atoms with Crippen LogP contribution in [-0.2, 0) is 0 Å². The molecule has 0 aliphatic rings. The number of fused-ring (bicyclic) bond motifs is 1. The minimum absolute atomic E-state index is 0.251. The van der Waals surface area contributed by atoms with Gasteiger partial charge in [0.1, 0.15) is 5.75 Å². The topological polar surface area (TPSA) is 71.2 Å². The van der Waals surface area contributed by atoms with Gasteiger partial charge in [-0.3, -0.25) is 0 Å². The van der Waals surface area contributed by atoms with Crippen molar-refractivity contribution in [2.24, 2.45) is 5.92 Å². The van der Waals surface area contributed by atoms with E-state index < -0.39 is 0 Å². The van der Waals surface area contributed by atoms with Crippen LogP contribution in [0.15, 0.2) is 47.4 Å². The fraction of sp³-hybridized carbons (Fsp3) is 0.235.